The minimum absolute atomic E-state index is 0.0441. The average molecular weight is 507 g/mol. The molecule has 0 aliphatic heterocycles. The highest BCUT2D eigenvalue weighted by Crippen LogP contribution is 2.37. The van der Waals surface area contributed by atoms with Gasteiger partial charge in [-0.2, -0.15) is 13.2 Å². The smallest absolute Gasteiger partial charge is 0.418 e. The fourth-order valence-electron chi connectivity index (χ4n) is 3.43. The summed E-state index contributed by atoms with van der Waals surface area (Å²) in [7, 11) is -3.41. The van der Waals surface area contributed by atoms with Gasteiger partial charge in [0.15, 0.2) is 9.84 Å². The van der Waals surface area contributed by atoms with Gasteiger partial charge in [-0.3, -0.25) is 0 Å². The van der Waals surface area contributed by atoms with Crippen LogP contribution < -0.4 is 4.74 Å². The monoisotopic (exact) mass is 506 g/mol. The van der Waals surface area contributed by atoms with Crippen LogP contribution in [-0.4, -0.2) is 24.1 Å². The predicted octanol–water partition coefficient (Wildman–Crippen LogP) is 6.86. The number of ether oxygens (including phenoxy) is 1. The Morgan fingerprint density at radius 3 is 2.38 bits per heavy atom. The Balaban J connectivity index is 1.76. The molecule has 1 aromatic heterocycles. The molecule has 0 fully saturated rings. The van der Waals surface area contributed by atoms with Gasteiger partial charge in [0.2, 0.25) is 0 Å². The zero-order chi connectivity index (χ0) is 24.7. The second-order valence-corrected chi connectivity index (χ2v) is 10.1. The molecule has 0 N–H and O–H groups in total. The van der Waals surface area contributed by atoms with Gasteiger partial charge in [0.1, 0.15) is 17.0 Å². The van der Waals surface area contributed by atoms with Crippen molar-refractivity contribution in [1.82, 2.24) is 9.97 Å². The first kappa shape index (κ1) is 24.0. The zero-order valence-electron chi connectivity index (χ0n) is 18.0. The van der Waals surface area contributed by atoms with E-state index in [4.69, 9.17) is 16.3 Å². The maximum Gasteiger partial charge on any atom is 0.418 e. The first-order valence-electron chi connectivity index (χ1n) is 10.1. The summed E-state index contributed by atoms with van der Waals surface area (Å²) >= 11 is 6.38. The van der Waals surface area contributed by atoms with Gasteiger partial charge < -0.3 is 4.74 Å². The fourth-order valence-corrected chi connectivity index (χ4v) is 4.55. The number of hydrogen-bond acceptors (Lipinski definition) is 5. The van der Waals surface area contributed by atoms with E-state index in [1.807, 2.05) is 0 Å². The van der Waals surface area contributed by atoms with Gasteiger partial charge in [0.25, 0.3) is 0 Å². The van der Waals surface area contributed by atoms with Crippen LogP contribution in [-0.2, 0) is 16.0 Å². The van der Waals surface area contributed by atoms with Crippen LogP contribution in [0.25, 0.3) is 22.3 Å². The van der Waals surface area contributed by atoms with Crippen LogP contribution in [0.1, 0.15) is 18.2 Å². The highest BCUT2D eigenvalue weighted by atomic mass is 35.5. The molecule has 0 unspecified atom stereocenters. The van der Waals surface area contributed by atoms with Crippen LogP contribution in [0.2, 0.25) is 5.02 Å². The van der Waals surface area contributed by atoms with Gasteiger partial charge in [0.05, 0.1) is 38.1 Å². The van der Waals surface area contributed by atoms with Crippen LogP contribution in [0, 0.1) is 6.92 Å². The highest BCUT2D eigenvalue weighted by molar-refractivity contribution is 7.91. The third-order valence-electron chi connectivity index (χ3n) is 5.15. The molecule has 0 spiro atoms. The second kappa shape index (κ2) is 8.88. The minimum atomic E-state index is -4.56. The lowest BCUT2D eigenvalue weighted by molar-refractivity contribution is -0.136. The van der Waals surface area contributed by atoms with Gasteiger partial charge in [-0.1, -0.05) is 30.7 Å². The summed E-state index contributed by atoms with van der Waals surface area (Å²) in [6.45, 7) is 3.11. The molecule has 34 heavy (non-hydrogen) atoms. The summed E-state index contributed by atoms with van der Waals surface area (Å²) in [6.07, 6.45) is -4.56. The maximum absolute atomic E-state index is 13.4. The van der Waals surface area contributed by atoms with E-state index in [0.717, 1.165) is 6.07 Å². The molecule has 0 atom stereocenters. The molecular formula is C24H18ClF3N2O3S. The number of fused-ring (bicyclic) bond motifs is 1. The molecule has 4 aromatic rings. The third-order valence-corrected chi connectivity index (χ3v) is 7.21. The van der Waals surface area contributed by atoms with Crippen molar-refractivity contribution < 1.29 is 26.3 Å². The summed E-state index contributed by atoms with van der Waals surface area (Å²) in [6, 6.07) is 14.5. The van der Waals surface area contributed by atoms with E-state index in [2.05, 4.69) is 9.97 Å². The van der Waals surface area contributed by atoms with Crippen molar-refractivity contribution in [3.63, 3.8) is 0 Å². The molecule has 0 amide bonds. The Morgan fingerprint density at radius 2 is 1.68 bits per heavy atom. The topological polar surface area (TPSA) is 69.2 Å². The highest BCUT2D eigenvalue weighted by Gasteiger charge is 2.33. The van der Waals surface area contributed by atoms with Gasteiger partial charge in [0, 0.05) is 5.56 Å². The minimum Gasteiger partial charge on any atom is -0.457 e. The average Bonchev–Trinajstić information content (AvgIpc) is 2.79. The number of benzene rings is 3. The molecule has 176 valence electrons. The lowest BCUT2D eigenvalue weighted by Gasteiger charge is -2.14. The van der Waals surface area contributed by atoms with Crippen molar-refractivity contribution in [3.05, 3.63) is 76.9 Å². The molecule has 1 heterocycles. The quantitative estimate of drug-likeness (QED) is 0.295. The molecule has 5 nitrogen and oxygen atoms in total. The second-order valence-electron chi connectivity index (χ2n) is 7.45. The number of nitrogens with zero attached hydrogens (tertiary/aromatic N) is 2. The SMILES string of the molecule is CCS(=O)(=O)c1cccc(Oc2ccc(Cl)c(-c3nc4cccc(C(F)(F)F)c4nc3C)c2)c1. The molecule has 0 radical (unpaired) electrons. The number of alkyl halides is 3. The van der Waals surface area contributed by atoms with E-state index in [9.17, 15) is 21.6 Å². The van der Waals surface area contributed by atoms with E-state index in [1.165, 1.54) is 24.3 Å². The van der Waals surface area contributed by atoms with Crippen molar-refractivity contribution >= 4 is 32.5 Å². The summed E-state index contributed by atoms with van der Waals surface area (Å²) in [5, 5.41) is 0.304. The first-order valence-corrected chi connectivity index (χ1v) is 12.2. The standard InChI is InChI=1S/C24H18ClF3N2O3S/c1-3-34(31,32)17-7-4-6-15(12-17)33-16-10-11-20(25)18(13-16)22-14(2)29-23-19(24(26,27)28)8-5-9-21(23)30-22/h4-13H,3H2,1-2H3. The summed E-state index contributed by atoms with van der Waals surface area (Å²) < 4.78 is 70.3. The van der Waals surface area contributed by atoms with Crippen LogP contribution >= 0.6 is 11.6 Å². The predicted molar refractivity (Wildman–Crippen MR) is 124 cm³/mol. The van der Waals surface area contributed by atoms with Crippen molar-refractivity contribution in [2.75, 3.05) is 5.75 Å². The van der Waals surface area contributed by atoms with E-state index < -0.39 is 21.6 Å². The molecule has 3 aromatic carbocycles. The van der Waals surface area contributed by atoms with E-state index in [0.29, 0.717) is 27.8 Å². The molecule has 4 rings (SSSR count). The number of rotatable bonds is 5. The first-order chi connectivity index (χ1) is 16.0. The van der Waals surface area contributed by atoms with E-state index in [1.54, 1.807) is 44.2 Å². The van der Waals surface area contributed by atoms with Crippen molar-refractivity contribution in [2.24, 2.45) is 0 Å². The number of aromatic nitrogens is 2. The Hall–Kier alpha value is -3.17. The van der Waals surface area contributed by atoms with Crippen LogP contribution in [0.15, 0.2) is 65.6 Å². The lowest BCUT2D eigenvalue weighted by Crippen LogP contribution is -2.08. The summed E-state index contributed by atoms with van der Waals surface area (Å²) in [5.41, 5.74) is -0.0362. The van der Waals surface area contributed by atoms with Gasteiger partial charge in [-0.25, -0.2) is 18.4 Å². The zero-order valence-corrected chi connectivity index (χ0v) is 19.6. The molecule has 10 heteroatoms. The summed E-state index contributed by atoms with van der Waals surface area (Å²) in [4.78, 5) is 8.71. The van der Waals surface area contributed by atoms with E-state index in [-0.39, 0.29) is 27.4 Å². The van der Waals surface area contributed by atoms with Crippen LogP contribution in [0.5, 0.6) is 11.5 Å². The Bertz CT molecular complexity index is 1510. The summed E-state index contributed by atoms with van der Waals surface area (Å²) in [5.74, 6) is 0.604. The number of aryl methyl sites for hydroxylation is 1. The van der Waals surface area contributed by atoms with Crippen LogP contribution in [0.4, 0.5) is 13.2 Å². The van der Waals surface area contributed by atoms with Gasteiger partial charge in [-0.05, 0) is 55.5 Å². The number of halogens is 4. The molecule has 0 saturated heterocycles. The molecular weight excluding hydrogens is 489 g/mol. The van der Waals surface area contributed by atoms with Gasteiger partial charge in [-0.15, -0.1) is 0 Å². The molecule has 0 saturated carbocycles. The van der Waals surface area contributed by atoms with Crippen molar-refractivity contribution in [2.45, 2.75) is 24.9 Å². The lowest BCUT2D eigenvalue weighted by atomic mass is 10.1. The Labute approximate surface area is 199 Å². The molecule has 0 bridgehead atoms. The largest absolute Gasteiger partial charge is 0.457 e. The van der Waals surface area contributed by atoms with Gasteiger partial charge >= 0.3 is 6.18 Å². The number of hydrogen-bond donors (Lipinski definition) is 0. The molecule has 0 aliphatic carbocycles. The maximum atomic E-state index is 13.4. The van der Waals surface area contributed by atoms with Crippen molar-refractivity contribution in [3.8, 4) is 22.8 Å². The Morgan fingerprint density at radius 1 is 0.971 bits per heavy atom. The molecule has 0 aliphatic rings. The van der Waals surface area contributed by atoms with Crippen LogP contribution in [0.3, 0.4) is 0 Å². The van der Waals surface area contributed by atoms with E-state index >= 15 is 0 Å². The Kier molecular flexibility index (Phi) is 6.26. The normalized spacial score (nSPS) is 12.2. The third kappa shape index (κ3) is 4.71. The fraction of sp³-hybridized carbons (Fsp3) is 0.167. The van der Waals surface area contributed by atoms with Crippen molar-refractivity contribution in [1.29, 1.82) is 0 Å². The number of sulfone groups is 1. The number of para-hydroxylation sites is 1.